The normalized spacial score (nSPS) is 39.8. The highest BCUT2D eigenvalue weighted by Gasteiger charge is 2.72. The van der Waals surface area contributed by atoms with Gasteiger partial charge in [0.2, 0.25) is 5.91 Å². The van der Waals surface area contributed by atoms with Crippen LogP contribution in [0.1, 0.15) is 34.1 Å². The Balaban J connectivity index is 2.07. The van der Waals surface area contributed by atoms with Gasteiger partial charge in [0.1, 0.15) is 23.9 Å². The minimum Gasteiger partial charge on any atom is -0.460 e. The molecular formula is C16H21NO9. The van der Waals surface area contributed by atoms with Crippen LogP contribution >= 0.6 is 0 Å². The number of carbonyl (C=O) groups excluding carboxylic acids is 4. The van der Waals surface area contributed by atoms with Crippen molar-refractivity contribution < 1.29 is 42.9 Å². The monoisotopic (exact) mass is 371 g/mol. The number of hydrogen-bond acceptors (Lipinski definition) is 9. The average molecular weight is 371 g/mol. The van der Waals surface area contributed by atoms with Gasteiger partial charge in [-0.1, -0.05) is 0 Å². The van der Waals surface area contributed by atoms with Crippen molar-refractivity contribution in [3.63, 3.8) is 0 Å². The lowest BCUT2D eigenvalue weighted by atomic mass is 9.70. The smallest absolute Gasteiger partial charge is 0.303 e. The molecule has 1 N–H and O–H groups in total. The van der Waals surface area contributed by atoms with Crippen LogP contribution in [0.3, 0.4) is 0 Å². The number of amides is 1. The van der Waals surface area contributed by atoms with Gasteiger partial charge in [0.05, 0.1) is 0 Å². The number of fused-ring (bicyclic) bond motifs is 2. The Bertz CT molecular complexity index is 630. The first-order valence-corrected chi connectivity index (χ1v) is 8.25. The van der Waals surface area contributed by atoms with E-state index in [1.54, 1.807) is 0 Å². The fourth-order valence-corrected chi connectivity index (χ4v) is 4.09. The van der Waals surface area contributed by atoms with Gasteiger partial charge in [-0.05, 0) is 0 Å². The number of ether oxygens (including phenoxy) is 5. The van der Waals surface area contributed by atoms with Crippen LogP contribution in [-0.4, -0.2) is 66.2 Å². The number of nitrogens with one attached hydrogen (secondary N) is 1. The second-order valence-electron chi connectivity index (χ2n) is 6.70. The van der Waals surface area contributed by atoms with E-state index in [-0.39, 0.29) is 6.42 Å². The van der Waals surface area contributed by atoms with Crippen molar-refractivity contribution in [3.05, 3.63) is 0 Å². The van der Waals surface area contributed by atoms with Crippen LogP contribution in [0, 0.1) is 0 Å². The summed E-state index contributed by atoms with van der Waals surface area (Å²) in [5.74, 6) is -2.17. The zero-order valence-electron chi connectivity index (χ0n) is 14.8. The van der Waals surface area contributed by atoms with E-state index < -0.39 is 66.2 Å². The summed E-state index contributed by atoms with van der Waals surface area (Å²) in [6.45, 7) is 4.97. The summed E-state index contributed by atoms with van der Waals surface area (Å²) in [6, 6.07) is 0. The standard InChI is InChI=1S/C16H21NO9/c1-6(18)17-16-5-10(22-7(2)19)11-12(13(16)23-8(3)20)26-15(25-11)14(16)24-9(4)21/h10-15H,5H2,1-4H3,(H,17,18)/t10-,11+,12-,13-,14-,15-,16-/m1/s1. The van der Waals surface area contributed by atoms with E-state index in [1.165, 1.54) is 27.7 Å². The molecule has 26 heavy (non-hydrogen) atoms. The van der Waals surface area contributed by atoms with Crippen LogP contribution in [0.4, 0.5) is 0 Å². The molecule has 2 saturated heterocycles. The zero-order chi connectivity index (χ0) is 19.2. The number of hydrogen-bond donors (Lipinski definition) is 1. The van der Waals surface area contributed by atoms with Crippen LogP contribution < -0.4 is 5.32 Å². The summed E-state index contributed by atoms with van der Waals surface area (Å²) in [7, 11) is 0. The van der Waals surface area contributed by atoms with Crippen molar-refractivity contribution in [2.75, 3.05) is 0 Å². The first-order valence-electron chi connectivity index (χ1n) is 8.25. The molecule has 2 heterocycles. The van der Waals surface area contributed by atoms with Gasteiger partial charge in [0.25, 0.3) is 0 Å². The average Bonchev–Trinajstić information content (AvgIpc) is 2.84. The quantitative estimate of drug-likeness (QED) is 0.498. The predicted molar refractivity (Wildman–Crippen MR) is 81.4 cm³/mol. The van der Waals surface area contributed by atoms with E-state index in [9.17, 15) is 19.2 Å². The van der Waals surface area contributed by atoms with Gasteiger partial charge in [-0.25, -0.2) is 0 Å². The lowest BCUT2D eigenvalue weighted by Crippen LogP contribution is -2.77. The third-order valence-corrected chi connectivity index (χ3v) is 4.68. The molecule has 10 heteroatoms. The Labute approximate surface area is 149 Å². The molecule has 0 spiro atoms. The largest absolute Gasteiger partial charge is 0.460 e. The summed E-state index contributed by atoms with van der Waals surface area (Å²) < 4.78 is 27.7. The third-order valence-electron chi connectivity index (χ3n) is 4.68. The van der Waals surface area contributed by atoms with Crippen LogP contribution in [0.25, 0.3) is 0 Å². The minimum absolute atomic E-state index is 0.0447. The molecule has 10 nitrogen and oxygen atoms in total. The number of carbonyl (C=O) groups is 4. The minimum atomic E-state index is -1.34. The summed E-state index contributed by atoms with van der Waals surface area (Å²) in [6.07, 6.45) is -5.23. The SMILES string of the molecule is CC(=O)N[C@]12C[C@@H](OC(C)=O)[C@@H]3O[C@H](O[C@H]3[C@H]1OC(C)=O)[C@H]2OC(C)=O. The molecule has 2 aliphatic heterocycles. The lowest BCUT2D eigenvalue weighted by Gasteiger charge is -2.53. The Morgan fingerprint density at radius 2 is 1.38 bits per heavy atom. The Morgan fingerprint density at radius 3 is 1.92 bits per heavy atom. The molecule has 0 aromatic rings. The summed E-state index contributed by atoms with van der Waals surface area (Å²) in [4.78, 5) is 46.7. The van der Waals surface area contributed by atoms with E-state index in [2.05, 4.69) is 5.32 Å². The van der Waals surface area contributed by atoms with Crippen molar-refractivity contribution >= 4 is 23.8 Å². The van der Waals surface area contributed by atoms with Crippen LogP contribution in [0.2, 0.25) is 0 Å². The molecular weight excluding hydrogens is 350 g/mol. The molecule has 1 amide bonds. The number of esters is 3. The van der Waals surface area contributed by atoms with Crippen LogP contribution in [0.5, 0.6) is 0 Å². The van der Waals surface area contributed by atoms with Crippen molar-refractivity contribution in [2.45, 2.75) is 76.5 Å². The van der Waals surface area contributed by atoms with Crippen molar-refractivity contribution in [1.82, 2.24) is 5.32 Å². The molecule has 3 aliphatic rings. The molecule has 3 rings (SSSR count). The van der Waals surface area contributed by atoms with Crippen molar-refractivity contribution in [2.24, 2.45) is 0 Å². The Hall–Kier alpha value is -2.20. The van der Waals surface area contributed by atoms with Crippen molar-refractivity contribution in [1.29, 1.82) is 0 Å². The summed E-state index contributed by atoms with van der Waals surface area (Å²) in [5.41, 5.74) is -1.34. The van der Waals surface area contributed by atoms with Gasteiger partial charge >= 0.3 is 17.9 Å². The highest BCUT2D eigenvalue weighted by Crippen LogP contribution is 2.50. The van der Waals surface area contributed by atoms with Crippen LogP contribution in [0.15, 0.2) is 0 Å². The topological polar surface area (TPSA) is 126 Å². The van der Waals surface area contributed by atoms with Gasteiger partial charge < -0.3 is 29.0 Å². The molecule has 3 bridgehead atoms. The van der Waals surface area contributed by atoms with E-state index in [0.29, 0.717) is 0 Å². The zero-order valence-corrected chi connectivity index (χ0v) is 14.8. The van der Waals surface area contributed by atoms with Crippen molar-refractivity contribution in [3.8, 4) is 0 Å². The fraction of sp³-hybridized carbons (Fsp3) is 0.750. The molecule has 0 radical (unpaired) electrons. The maximum absolute atomic E-state index is 11.9. The predicted octanol–water partition coefficient (Wildman–Crippen LogP) is -0.816. The molecule has 1 saturated carbocycles. The molecule has 0 unspecified atom stereocenters. The molecule has 0 aromatic heterocycles. The van der Waals surface area contributed by atoms with Gasteiger partial charge in [-0.15, -0.1) is 0 Å². The van der Waals surface area contributed by atoms with Gasteiger partial charge in [0, 0.05) is 34.1 Å². The second-order valence-corrected chi connectivity index (χ2v) is 6.70. The highest BCUT2D eigenvalue weighted by atomic mass is 16.8. The van der Waals surface area contributed by atoms with Crippen LogP contribution in [-0.2, 0) is 42.9 Å². The third kappa shape index (κ3) is 3.03. The Morgan fingerprint density at radius 1 is 0.846 bits per heavy atom. The highest BCUT2D eigenvalue weighted by molar-refractivity contribution is 5.75. The van der Waals surface area contributed by atoms with E-state index in [1.807, 2.05) is 0 Å². The molecule has 144 valence electrons. The molecule has 0 aromatic carbocycles. The summed E-state index contributed by atoms with van der Waals surface area (Å²) >= 11 is 0. The maximum atomic E-state index is 11.9. The first-order chi connectivity index (χ1) is 12.1. The number of rotatable bonds is 4. The fourth-order valence-electron chi connectivity index (χ4n) is 4.09. The van der Waals surface area contributed by atoms with Gasteiger partial charge in [0.15, 0.2) is 18.5 Å². The van der Waals surface area contributed by atoms with E-state index >= 15 is 0 Å². The van der Waals surface area contributed by atoms with Gasteiger partial charge in [-0.3, -0.25) is 19.2 Å². The molecule has 3 fully saturated rings. The Kier molecular flexibility index (Phi) is 4.65. The summed E-state index contributed by atoms with van der Waals surface area (Å²) in [5, 5.41) is 2.75. The van der Waals surface area contributed by atoms with E-state index in [4.69, 9.17) is 23.7 Å². The maximum Gasteiger partial charge on any atom is 0.303 e. The molecule has 1 aliphatic carbocycles. The van der Waals surface area contributed by atoms with Gasteiger partial charge in [-0.2, -0.15) is 0 Å². The lowest BCUT2D eigenvalue weighted by molar-refractivity contribution is -0.246. The molecule has 7 atom stereocenters. The second kappa shape index (κ2) is 6.51. The van der Waals surface area contributed by atoms with E-state index in [0.717, 1.165) is 0 Å². The first kappa shape index (κ1) is 18.6.